The Hall–Kier alpha value is -1.11. The molecule has 0 saturated heterocycles. The van der Waals surface area contributed by atoms with E-state index in [1.165, 1.54) is 4.31 Å². The monoisotopic (exact) mass is 312 g/mol. The summed E-state index contributed by atoms with van der Waals surface area (Å²) in [6, 6.07) is 3.40. The molecule has 0 amide bonds. The molecule has 0 fully saturated rings. The van der Waals surface area contributed by atoms with Gasteiger partial charge in [0.25, 0.3) is 0 Å². The van der Waals surface area contributed by atoms with Crippen molar-refractivity contribution in [2.24, 2.45) is 0 Å². The normalized spacial score (nSPS) is 16.4. The number of nitrogens with zero attached hydrogens (tertiary/aromatic N) is 1. The minimum absolute atomic E-state index is 0.200. The van der Waals surface area contributed by atoms with Crippen LogP contribution in [0.15, 0.2) is 17.0 Å². The van der Waals surface area contributed by atoms with Crippen LogP contribution in [0.25, 0.3) is 0 Å². The van der Waals surface area contributed by atoms with Gasteiger partial charge in [-0.3, -0.25) is 0 Å². The first-order chi connectivity index (χ1) is 9.89. The second kappa shape index (κ2) is 6.34. The van der Waals surface area contributed by atoms with E-state index >= 15 is 0 Å². The molecule has 1 N–H and O–H groups in total. The zero-order valence-corrected chi connectivity index (χ0v) is 14.0. The lowest BCUT2D eigenvalue weighted by Crippen LogP contribution is -2.38. The van der Waals surface area contributed by atoms with Crippen LogP contribution in [0.3, 0.4) is 0 Å². The molecular formula is C15H24N2O3S. The molecule has 0 aliphatic carbocycles. The Morgan fingerprint density at radius 2 is 2.14 bits per heavy atom. The Morgan fingerprint density at radius 1 is 1.43 bits per heavy atom. The van der Waals surface area contributed by atoms with E-state index in [0.717, 1.165) is 36.2 Å². The summed E-state index contributed by atoms with van der Waals surface area (Å²) in [7, 11) is -0.315. The fraction of sp³-hybridized carbons (Fsp3) is 0.600. The molecule has 1 aromatic carbocycles. The summed E-state index contributed by atoms with van der Waals surface area (Å²) in [6.07, 6.45) is 1.75. The van der Waals surface area contributed by atoms with Crippen LogP contribution in [0.4, 0.5) is 5.69 Å². The number of ether oxygens (including phenoxy) is 1. The molecular weight excluding hydrogens is 288 g/mol. The number of aryl methyl sites for hydroxylation is 1. The van der Waals surface area contributed by atoms with Crippen molar-refractivity contribution in [3.05, 3.63) is 23.3 Å². The van der Waals surface area contributed by atoms with Crippen molar-refractivity contribution in [1.29, 1.82) is 0 Å². The van der Waals surface area contributed by atoms with Crippen LogP contribution in [0.5, 0.6) is 0 Å². The Kier molecular flexibility index (Phi) is 4.91. The molecule has 0 saturated carbocycles. The van der Waals surface area contributed by atoms with Gasteiger partial charge >= 0.3 is 0 Å². The first-order valence-electron chi connectivity index (χ1n) is 7.23. The molecule has 1 aromatic rings. The van der Waals surface area contributed by atoms with Crippen LogP contribution >= 0.6 is 0 Å². The van der Waals surface area contributed by atoms with Crippen LogP contribution in [-0.2, 0) is 21.2 Å². The van der Waals surface area contributed by atoms with E-state index in [4.69, 9.17) is 4.74 Å². The lowest BCUT2D eigenvalue weighted by molar-refractivity contribution is 0.149. The molecule has 0 radical (unpaired) electrons. The zero-order chi connectivity index (χ0) is 15.6. The van der Waals surface area contributed by atoms with Gasteiger partial charge in [-0.25, -0.2) is 8.42 Å². The summed E-state index contributed by atoms with van der Waals surface area (Å²) >= 11 is 0. The van der Waals surface area contributed by atoms with Gasteiger partial charge in [-0.1, -0.05) is 6.07 Å². The van der Waals surface area contributed by atoms with Gasteiger partial charge in [-0.2, -0.15) is 4.31 Å². The molecule has 2 rings (SSSR count). The van der Waals surface area contributed by atoms with E-state index in [-0.39, 0.29) is 6.04 Å². The topological polar surface area (TPSA) is 58.6 Å². The number of anilines is 1. The maximum atomic E-state index is 12.9. The summed E-state index contributed by atoms with van der Waals surface area (Å²) in [4.78, 5) is 0.417. The number of hydrogen-bond donors (Lipinski definition) is 1. The summed E-state index contributed by atoms with van der Waals surface area (Å²) < 4.78 is 32.2. The van der Waals surface area contributed by atoms with E-state index in [2.05, 4.69) is 5.32 Å². The molecule has 0 spiro atoms. The molecule has 1 heterocycles. The van der Waals surface area contributed by atoms with Gasteiger partial charge in [0, 0.05) is 32.4 Å². The minimum Gasteiger partial charge on any atom is -0.385 e. The molecule has 0 aromatic heterocycles. The lowest BCUT2D eigenvalue weighted by atomic mass is 10.00. The van der Waals surface area contributed by atoms with Crippen molar-refractivity contribution in [2.75, 3.05) is 32.6 Å². The van der Waals surface area contributed by atoms with Crippen LogP contribution in [0, 0.1) is 6.92 Å². The predicted octanol–water partition coefficient (Wildman–Crippen LogP) is 2.01. The Balaban J connectivity index is 2.46. The third-order valence-corrected chi connectivity index (χ3v) is 6.13. The second-order valence-electron chi connectivity index (χ2n) is 5.59. The number of fused-ring (bicyclic) bond motifs is 1. The molecule has 21 heavy (non-hydrogen) atoms. The van der Waals surface area contributed by atoms with E-state index in [1.807, 2.05) is 19.9 Å². The number of methoxy groups -OCH3 is 1. The molecule has 5 nitrogen and oxygen atoms in total. The highest BCUT2D eigenvalue weighted by Gasteiger charge is 2.29. The maximum Gasteiger partial charge on any atom is 0.243 e. The number of nitrogens with one attached hydrogen (secondary N) is 1. The Bertz CT molecular complexity index is 614. The van der Waals surface area contributed by atoms with E-state index in [1.54, 1.807) is 20.2 Å². The van der Waals surface area contributed by atoms with Crippen molar-refractivity contribution in [2.45, 2.75) is 37.6 Å². The third kappa shape index (κ3) is 3.07. The van der Waals surface area contributed by atoms with E-state index in [9.17, 15) is 8.42 Å². The fourth-order valence-corrected chi connectivity index (χ4v) is 4.30. The van der Waals surface area contributed by atoms with Crippen LogP contribution in [-0.4, -0.2) is 46.1 Å². The van der Waals surface area contributed by atoms with Gasteiger partial charge in [0.2, 0.25) is 10.0 Å². The number of hydrogen-bond acceptors (Lipinski definition) is 4. The van der Waals surface area contributed by atoms with E-state index < -0.39 is 10.0 Å². The number of sulfonamides is 1. The van der Waals surface area contributed by atoms with E-state index in [0.29, 0.717) is 11.5 Å². The Labute approximate surface area is 127 Å². The molecule has 6 heteroatoms. The molecule has 1 aliphatic heterocycles. The fourth-order valence-electron chi connectivity index (χ4n) is 2.70. The van der Waals surface area contributed by atoms with Gasteiger partial charge < -0.3 is 10.1 Å². The van der Waals surface area contributed by atoms with Crippen molar-refractivity contribution in [3.8, 4) is 0 Å². The van der Waals surface area contributed by atoms with Gasteiger partial charge in [0.1, 0.15) is 0 Å². The number of benzene rings is 1. The highest BCUT2D eigenvalue weighted by molar-refractivity contribution is 7.89. The number of rotatable bonds is 5. The van der Waals surface area contributed by atoms with Crippen molar-refractivity contribution in [3.63, 3.8) is 0 Å². The van der Waals surface area contributed by atoms with Gasteiger partial charge in [-0.05, 0) is 43.9 Å². The molecule has 1 aliphatic rings. The second-order valence-corrected chi connectivity index (χ2v) is 7.56. The van der Waals surface area contributed by atoms with Crippen LogP contribution in [0.1, 0.15) is 24.5 Å². The summed E-state index contributed by atoms with van der Waals surface area (Å²) in [5.74, 6) is 0. The average Bonchev–Trinajstić information content (AvgIpc) is 2.47. The molecule has 0 bridgehead atoms. The highest BCUT2D eigenvalue weighted by atomic mass is 32.2. The summed E-state index contributed by atoms with van der Waals surface area (Å²) in [5, 5.41) is 3.33. The van der Waals surface area contributed by atoms with Gasteiger partial charge in [0.15, 0.2) is 0 Å². The SMILES string of the molecule is COCC(C)N(C)S(=O)(=O)c1ccc(C)c2c1CCCN2. The largest absolute Gasteiger partial charge is 0.385 e. The zero-order valence-electron chi connectivity index (χ0n) is 13.1. The van der Waals surface area contributed by atoms with Crippen LogP contribution < -0.4 is 5.32 Å². The predicted molar refractivity (Wildman–Crippen MR) is 84.3 cm³/mol. The maximum absolute atomic E-state index is 12.9. The third-order valence-electron chi connectivity index (χ3n) is 4.07. The molecule has 1 unspecified atom stereocenters. The lowest BCUT2D eigenvalue weighted by Gasteiger charge is -2.28. The smallest absolute Gasteiger partial charge is 0.243 e. The highest BCUT2D eigenvalue weighted by Crippen LogP contribution is 2.33. The van der Waals surface area contributed by atoms with Gasteiger partial charge in [-0.15, -0.1) is 0 Å². The Morgan fingerprint density at radius 3 is 2.81 bits per heavy atom. The molecule has 1 atom stereocenters. The van der Waals surface area contributed by atoms with Crippen molar-refractivity contribution >= 4 is 15.7 Å². The molecule has 118 valence electrons. The standard InChI is InChI=1S/C15H24N2O3S/c1-11-7-8-14(13-6-5-9-16-15(11)13)21(18,19)17(3)12(2)10-20-4/h7-8,12,16H,5-6,9-10H2,1-4H3. The van der Waals surface area contributed by atoms with Crippen LogP contribution in [0.2, 0.25) is 0 Å². The van der Waals surface area contributed by atoms with Crippen molar-refractivity contribution < 1.29 is 13.2 Å². The van der Waals surface area contributed by atoms with Gasteiger partial charge in [0.05, 0.1) is 11.5 Å². The quantitative estimate of drug-likeness (QED) is 0.903. The summed E-state index contributed by atoms with van der Waals surface area (Å²) in [6.45, 7) is 5.13. The first-order valence-corrected chi connectivity index (χ1v) is 8.67. The van der Waals surface area contributed by atoms with Crippen molar-refractivity contribution in [1.82, 2.24) is 4.31 Å². The summed E-state index contributed by atoms with van der Waals surface area (Å²) in [5.41, 5.74) is 2.99. The number of likely N-dealkylation sites (N-methyl/N-ethyl adjacent to an activating group) is 1. The first kappa shape index (κ1) is 16.3. The minimum atomic E-state index is -3.51. The average molecular weight is 312 g/mol.